The lowest BCUT2D eigenvalue weighted by atomic mass is 9.57. The number of nitrogens with zero attached hydrogens (tertiary/aromatic N) is 1. The van der Waals surface area contributed by atoms with Crippen LogP contribution in [0.1, 0.15) is 0 Å². The quantitative estimate of drug-likeness (QED) is 0.179. The van der Waals surface area contributed by atoms with E-state index in [2.05, 4.69) is 198 Å². The fraction of sp³-hybridized carbons (Fsp3) is 0. The Balaban J connectivity index is 1.16. The van der Waals surface area contributed by atoms with Gasteiger partial charge in [0.1, 0.15) is 0 Å². The molecule has 0 saturated heterocycles. The smallest absolute Gasteiger partial charge is 0.198 e. The Morgan fingerprint density at radius 1 is 0.464 bits per heavy atom. The van der Waals surface area contributed by atoms with Crippen molar-refractivity contribution in [1.82, 2.24) is 4.98 Å². The molecular weight excluding hydrogens is 695 g/mol. The highest BCUT2D eigenvalue weighted by atomic mass is 32.1. The lowest BCUT2D eigenvalue weighted by Gasteiger charge is -2.35. The molecule has 0 unspecified atom stereocenters. The molecule has 0 bridgehead atoms. The van der Waals surface area contributed by atoms with Gasteiger partial charge in [0.05, 0.1) is 15.9 Å². The number of aromatic amines is 1. The molecule has 1 N–H and O–H groups in total. The minimum absolute atomic E-state index is 0.823. The zero-order valence-electron chi connectivity index (χ0n) is 30.5. The Morgan fingerprint density at radius 2 is 1.12 bits per heavy atom. The Kier molecular flexibility index (Phi) is 6.93. The van der Waals surface area contributed by atoms with Crippen LogP contribution in [0.2, 0.25) is 0 Å². The largest absolute Gasteiger partial charge is 0.354 e. The first kappa shape index (κ1) is 31.5. The van der Waals surface area contributed by atoms with Gasteiger partial charge in [-0.1, -0.05) is 151 Å². The van der Waals surface area contributed by atoms with Gasteiger partial charge in [-0.25, -0.2) is 0 Å². The topological polar surface area (TPSA) is 19.0 Å². The summed E-state index contributed by atoms with van der Waals surface area (Å²) in [5, 5.41) is 7.62. The van der Waals surface area contributed by atoms with Gasteiger partial charge in [0.15, 0.2) is 7.28 Å². The van der Waals surface area contributed by atoms with Crippen molar-refractivity contribution >= 4 is 99.4 Å². The third-order valence-electron chi connectivity index (χ3n) is 11.8. The molecule has 2 nitrogen and oxygen atoms in total. The van der Waals surface area contributed by atoms with E-state index in [4.69, 9.17) is 0 Å². The standard InChI is InChI=1S/C52H33BN2S/c1-3-12-32(13-4-1)34-22-25-38(26-23-34)55-47-27-24-37(33-14-5-2-6-15-33)29-45(47)53-49-43(31-44-39-18-9-10-21-48(39)56-52(44)51(49)55)41-20-11-19-40-42-28-35-16-7-8-17-36(35)30-46(42)54-50(40)41/h1-31,53-54H. The molecule has 11 aromatic rings. The van der Waals surface area contributed by atoms with Crippen LogP contribution in [0.25, 0.3) is 86.1 Å². The lowest BCUT2D eigenvalue weighted by molar-refractivity contribution is 1.31. The first-order valence-corrected chi connectivity index (χ1v) is 20.1. The molecule has 4 heteroatoms. The number of nitrogens with one attached hydrogen (secondary N) is 1. The van der Waals surface area contributed by atoms with E-state index in [1.165, 1.54) is 108 Å². The van der Waals surface area contributed by atoms with Crippen molar-refractivity contribution < 1.29 is 0 Å². The van der Waals surface area contributed by atoms with E-state index in [1.54, 1.807) is 0 Å². The summed E-state index contributed by atoms with van der Waals surface area (Å²) in [6.45, 7) is 0. The summed E-state index contributed by atoms with van der Waals surface area (Å²) in [6.07, 6.45) is 0. The molecule has 0 fully saturated rings. The maximum atomic E-state index is 3.93. The second-order valence-corrected chi connectivity index (χ2v) is 16.0. The molecule has 12 rings (SSSR count). The lowest BCUT2D eigenvalue weighted by Crippen LogP contribution is -2.41. The summed E-state index contributed by atoms with van der Waals surface area (Å²) in [5.74, 6) is 0. The number of thiophene rings is 1. The Hall–Kier alpha value is -6.88. The second-order valence-electron chi connectivity index (χ2n) is 15.0. The molecular formula is C52H33BN2S. The molecule has 260 valence electrons. The average molecular weight is 729 g/mol. The van der Waals surface area contributed by atoms with Crippen LogP contribution >= 0.6 is 11.3 Å². The third kappa shape index (κ3) is 4.83. The van der Waals surface area contributed by atoms with Crippen molar-refractivity contribution in [2.45, 2.75) is 0 Å². The van der Waals surface area contributed by atoms with Crippen LogP contribution in [-0.2, 0) is 0 Å². The van der Waals surface area contributed by atoms with E-state index in [0.29, 0.717) is 0 Å². The molecule has 9 aromatic carbocycles. The highest BCUT2D eigenvalue weighted by Crippen LogP contribution is 2.48. The van der Waals surface area contributed by atoms with E-state index in [0.717, 1.165) is 13.0 Å². The van der Waals surface area contributed by atoms with Crippen molar-refractivity contribution in [3.63, 3.8) is 0 Å². The van der Waals surface area contributed by atoms with Crippen molar-refractivity contribution in [1.29, 1.82) is 0 Å². The molecule has 2 aromatic heterocycles. The van der Waals surface area contributed by atoms with E-state index in [1.807, 2.05) is 11.3 Å². The van der Waals surface area contributed by atoms with Crippen molar-refractivity contribution in [2.24, 2.45) is 0 Å². The van der Waals surface area contributed by atoms with E-state index in [-0.39, 0.29) is 0 Å². The van der Waals surface area contributed by atoms with Crippen LogP contribution in [0.5, 0.6) is 0 Å². The number of para-hydroxylation sites is 1. The zero-order chi connectivity index (χ0) is 36.7. The maximum Gasteiger partial charge on any atom is 0.198 e. The normalized spacial score (nSPS) is 12.4. The molecule has 0 atom stereocenters. The highest BCUT2D eigenvalue weighted by molar-refractivity contribution is 7.26. The summed E-state index contributed by atoms with van der Waals surface area (Å²) in [5.41, 5.74) is 16.1. The number of fused-ring (bicyclic) bond motifs is 10. The predicted molar refractivity (Wildman–Crippen MR) is 244 cm³/mol. The summed E-state index contributed by atoms with van der Waals surface area (Å²) < 4.78 is 2.63. The average Bonchev–Trinajstić information content (AvgIpc) is 3.83. The van der Waals surface area contributed by atoms with Crippen LogP contribution in [-0.4, -0.2) is 12.3 Å². The Labute approximate surface area is 329 Å². The highest BCUT2D eigenvalue weighted by Gasteiger charge is 2.32. The van der Waals surface area contributed by atoms with Crippen LogP contribution in [0, 0.1) is 0 Å². The minimum atomic E-state index is 0.823. The van der Waals surface area contributed by atoms with Crippen molar-refractivity contribution in [2.75, 3.05) is 4.90 Å². The van der Waals surface area contributed by atoms with Gasteiger partial charge in [0.25, 0.3) is 0 Å². The van der Waals surface area contributed by atoms with Crippen LogP contribution in [0.15, 0.2) is 188 Å². The van der Waals surface area contributed by atoms with E-state index >= 15 is 0 Å². The SMILES string of the molecule is B1c2cc(-c3ccccc3)ccc2N(c2ccc(-c3ccccc3)cc2)c2c1c(-c1cccc3c1[nH]c1cc4ccccc4cc13)cc1c2sc2ccccc21. The fourth-order valence-electron chi connectivity index (χ4n) is 9.14. The molecule has 0 spiro atoms. The van der Waals surface area contributed by atoms with Gasteiger partial charge in [-0.3, -0.25) is 0 Å². The first-order valence-electron chi connectivity index (χ1n) is 19.3. The molecule has 56 heavy (non-hydrogen) atoms. The van der Waals surface area contributed by atoms with Gasteiger partial charge >= 0.3 is 0 Å². The summed E-state index contributed by atoms with van der Waals surface area (Å²) in [4.78, 5) is 6.48. The number of hydrogen-bond acceptors (Lipinski definition) is 2. The molecule has 3 heterocycles. The molecule has 0 saturated carbocycles. The number of benzene rings is 9. The van der Waals surface area contributed by atoms with Gasteiger partial charge < -0.3 is 9.88 Å². The number of anilines is 3. The van der Waals surface area contributed by atoms with Gasteiger partial charge in [-0.05, 0) is 86.5 Å². The Bertz CT molecular complexity index is 3330. The van der Waals surface area contributed by atoms with Crippen molar-refractivity contribution in [3.8, 4) is 33.4 Å². The van der Waals surface area contributed by atoms with Gasteiger partial charge in [-0.2, -0.15) is 0 Å². The number of H-pyrrole nitrogens is 1. The van der Waals surface area contributed by atoms with E-state index < -0.39 is 0 Å². The summed E-state index contributed by atoms with van der Waals surface area (Å²) >= 11 is 1.91. The van der Waals surface area contributed by atoms with E-state index in [9.17, 15) is 0 Å². The molecule has 1 aliphatic heterocycles. The molecule has 0 amide bonds. The number of rotatable bonds is 4. The van der Waals surface area contributed by atoms with Gasteiger partial charge in [0.2, 0.25) is 0 Å². The summed E-state index contributed by atoms with van der Waals surface area (Å²) in [7, 11) is 0.823. The summed E-state index contributed by atoms with van der Waals surface area (Å²) in [6, 6.07) is 69.3. The first-order chi connectivity index (χ1) is 27.7. The molecule has 0 aliphatic carbocycles. The maximum absolute atomic E-state index is 3.93. The van der Waals surface area contributed by atoms with Crippen LogP contribution in [0.3, 0.4) is 0 Å². The minimum Gasteiger partial charge on any atom is -0.354 e. The fourth-order valence-corrected chi connectivity index (χ4v) is 10.4. The second kappa shape index (κ2) is 12.3. The van der Waals surface area contributed by atoms with Crippen molar-refractivity contribution in [3.05, 3.63) is 188 Å². The van der Waals surface area contributed by atoms with Crippen LogP contribution < -0.4 is 15.8 Å². The Morgan fingerprint density at radius 3 is 1.93 bits per heavy atom. The monoisotopic (exact) mass is 728 g/mol. The number of aromatic nitrogens is 1. The molecule has 1 aliphatic rings. The molecule has 0 radical (unpaired) electrons. The van der Waals surface area contributed by atoms with Gasteiger partial charge in [-0.15, -0.1) is 11.3 Å². The number of hydrogen-bond donors (Lipinski definition) is 1. The van der Waals surface area contributed by atoms with Crippen LogP contribution in [0.4, 0.5) is 17.1 Å². The van der Waals surface area contributed by atoms with Gasteiger partial charge in [0, 0.05) is 48.7 Å². The third-order valence-corrected chi connectivity index (χ3v) is 13.0. The zero-order valence-corrected chi connectivity index (χ0v) is 31.3. The predicted octanol–water partition coefficient (Wildman–Crippen LogP) is 13.0.